The first kappa shape index (κ1) is 18.8. The number of alkyl halides is 2. The van der Waals surface area contributed by atoms with Crippen LogP contribution >= 0.6 is 23.2 Å². The van der Waals surface area contributed by atoms with E-state index in [1.54, 1.807) is 12.0 Å². The van der Waals surface area contributed by atoms with Crippen molar-refractivity contribution in [3.8, 4) is 5.75 Å². The standard InChI is InChI=1S/C22H21Cl2N3O2/c1-29-19-9-5-4-8-18(19)26-12-14(10-20(26)28)21-25-16-6-2-3-7-17(16)27(21)13-15-11-22(15,23)24/h2-9,14-15H,10-13H2,1H3. The molecular weight excluding hydrogens is 409 g/mol. The molecule has 0 bridgehead atoms. The Morgan fingerprint density at radius 1 is 1.17 bits per heavy atom. The summed E-state index contributed by atoms with van der Waals surface area (Å²) < 4.78 is 7.01. The van der Waals surface area contributed by atoms with Gasteiger partial charge in [0, 0.05) is 31.3 Å². The fourth-order valence-corrected chi connectivity index (χ4v) is 4.76. The van der Waals surface area contributed by atoms with E-state index in [2.05, 4.69) is 10.6 Å². The number of benzene rings is 2. The molecular formula is C22H21Cl2N3O2. The fourth-order valence-electron chi connectivity index (χ4n) is 4.25. The molecule has 2 atom stereocenters. The number of imidazole rings is 1. The van der Waals surface area contributed by atoms with Crippen molar-refractivity contribution in [2.75, 3.05) is 18.6 Å². The second-order valence-corrected chi connectivity index (χ2v) is 9.35. The van der Waals surface area contributed by atoms with Crippen molar-refractivity contribution in [2.45, 2.75) is 29.6 Å². The van der Waals surface area contributed by atoms with Crippen molar-refractivity contribution in [1.82, 2.24) is 9.55 Å². The van der Waals surface area contributed by atoms with E-state index in [1.165, 1.54) is 0 Å². The van der Waals surface area contributed by atoms with Crippen LogP contribution in [0.4, 0.5) is 5.69 Å². The number of aromatic nitrogens is 2. The molecule has 2 aliphatic rings. The first-order valence-corrected chi connectivity index (χ1v) is 10.5. The topological polar surface area (TPSA) is 47.4 Å². The maximum Gasteiger partial charge on any atom is 0.227 e. The minimum absolute atomic E-state index is 0.00128. The fraction of sp³-hybridized carbons (Fsp3) is 0.364. The number of rotatable bonds is 5. The Balaban J connectivity index is 1.50. The monoisotopic (exact) mass is 429 g/mol. The molecule has 7 heteroatoms. The SMILES string of the molecule is COc1ccccc1N1CC(c2nc3ccccc3n2CC2CC2(Cl)Cl)CC1=O. The van der Waals surface area contributed by atoms with Crippen LogP contribution in [0.15, 0.2) is 48.5 Å². The van der Waals surface area contributed by atoms with Gasteiger partial charge in [-0.3, -0.25) is 4.79 Å². The molecule has 1 aromatic heterocycles. The van der Waals surface area contributed by atoms with Gasteiger partial charge in [0.25, 0.3) is 0 Å². The Morgan fingerprint density at radius 2 is 1.90 bits per heavy atom. The molecule has 1 saturated heterocycles. The summed E-state index contributed by atoms with van der Waals surface area (Å²) in [6.07, 6.45) is 1.19. The predicted octanol–water partition coefficient (Wildman–Crippen LogP) is 4.76. The van der Waals surface area contributed by atoms with E-state index in [9.17, 15) is 4.79 Å². The Kier molecular flexibility index (Phi) is 4.48. The van der Waals surface area contributed by atoms with E-state index in [0.717, 1.165) is 29.0 Å². The molecule has 2 unspecified atom stereocenters. The Bertz CT molecular complexity index is 1090. The van der Waals surface area contributed by atoms with Gasteiger partial charge < -0.3 is 14.2 Å². The van der Waals surface area contributed by atoms with Crippen molar-refractivity contribution in [3.63, 3.8) is 0 Å². The first-order chi connectivity index (χ1) is 14.0. The van der Waals surface area contributed by atoms with Gasteiger partial charge in [0.1, 0.15) is 15.9 Å². The van der Waals surface area contributed by atoms with Crippen molar-refractivity contribution >= 4 is 45.8 Å². The Labute approximate surface area is 179 Å². The number of halogens is 2. The van der Waals surface area contributed by atoms with Gasteiger partial charge in [-0.2, -0.15) is 0 Å². The zero-order chi connectivity index (χ0) is 20.2. The molecule has 5 nitrogen and oxygen atoms in total. The molecule has 2 heterocycles. The summed E-state index contributed by atoms with van der Waals surface area (Å²) in [5, 5.41) is 0. The predicted molar refractivity (Wildman–Crippen MR) is 115 cm³/mol. The molecule has 1 aliphatic carbocycles. The number of ether oxygens (including phenoxy) is 1. The number of methoxy groups -OCH3 is 1. The third kappa shape index (κ3) is 3.26. The number of hydrogen-bond donors (Lipinski definition) is 0. The number of anilines is 1. The highest BCUT2D eigenvalue weighted by Crippen LogP contribution is 2.54. The second kappa shape index (κ2) is 6.92. The highest BCUT2D eigenvalue weighted by atomic mass is 35.5. The number of para-hydroxylation sites is 4. The smallest absolute Gasteiger partial charge is 0.227 e. The quantitative estimate of drug-likeness (QED) is 0.549. The van der Waals surface area contributed by atoms with Gasteiger partial charge in [-0.25, -0.2) is 4.98 Å². The van der Waals surface area contributed by atoms with Gasteiger partial charge in [0.15, 0.2) is 0 Å². The summed E-state index contributed by atoms with van der Waals surface area (Å²) in [6.45, 7) is 1.28. The lowest BCUT2D eigenvalue weighted by atomic mass is 10.1. The largest absolute Gasteiger partial charge is 0.495 e. The number of carbonyl (C=O) groups is 1. The van der Waals surface area contributed by atoms with E-state index in [-0.39, 0.29) is 17.7 Å². The molecule has 29 heavy (non-hydrogen) atoms. The van der Waals surface area contributed by atoms with Crippen LogP contribution < -0.4 is 9.64 Å². The molecule has 2 fully saturated rings. The highest BCUT2D eigenvalue weighted by molar-refractivity contribution is 6.50. The summed E-state index contributed by atoms with van der Waals surface area (Å²) >= 11 is 12.6. The van der Waals surface area contributed by atoms with Crippen LogP contribution in [-0.2, 0) is 11.3 Å². The molecule has 2 aromatic carbocycles. The average molecular weight is 430 g/mol. The highest BCUT2D eigenvalue weighted by Gasteiger charge is 2.52. The number of nitrogens with zero attached hydrogens (tertiary/aromatic N) is 3. The van der Waals surface area contributed by atoms with E-state index in [4.69, 9.17) is 32.9 Å². The molecule has 5 rings (SSSR count). The van der Waals surface area contributed by atoms with Crippen LogP contribution in [0.2, 0.25) is 0 Å². The lowest BCUT2D eigenvalue weighted by Crippen LogP contribution is -2.25. The summed E-state index contributed by atoms with van der Waals surface area (Å²) in [4.78, 5) is 19.6. The summed E-state index contributed by atoms with van der Waals surface area (Å²) in [7, 11) is 1.62. The van der Waals surface area contributed by atoms with Gasteiger partial charge in [-0.1, -0.05) is 24.3 Å². The zero-order valence-corrected chi connectivity index (χ0v) is 17.5. The first-order valence-electron chi connectivity index (χ1n) is 9.74. The van der Waals surface area contributed by atoms with Gasteiger partial charge in [-0.05, 0) is 30.7 Å². The number of hydrogen-bond acceptors (Lipinski definition) is 3. The van der Waals surface area contributed by atoms with E-state index in [1.807, 2.05) is 42.5 Å². The van der Waals surface area contributed by atoms with E-state index >= 15 is 0 Å². The molecule has 0 N–H and O–H groups in total. The molecule has 1 aliphatic heterocycles. The van der Waals surface area contributed by atoms with Gasteiger partial charge in [0.2, 0.25) is 5.91 Å². The van der Waals surface area contributed by atoms with Crippen LogP contribution in [0.5, 0.6) is 5.75 Å². The van der Waals surface area contributed by atoms with Crippen LogP contribution in [0.1, 0.15) is 24.6 Å². The van der Waals surface area contributed by atoms with Gasteiger partial charge in [0.05, 0.1) is 23.8 Å². The maximum absolute atomic E-state index is 12.9. The van der Waals surface area contributed by atoms with Crippen molar-refractivity contribution in [2.24, 2.45) is 5.92 Å². The second-order valence-electron chi connectivity index (χ2n) is 7.81. The molecule has 0 radical (unpaired) electrons. The van der Waals surface area contributed by atoms with Gasteiger partial charge in [-0.15, -0.1) is 23.2 Å². The number of carbonyl (C=O) groups excluding carboxylic acids is 1. The van der Waals surface area contributed by atoms with Gasteiger partial charge >= 0.3 is 0 Å². The van der Waals surface area contributed by atoms with Crippen LogP contribution in [0, 0.1) is 5.92 Å². The maximum atomic E-state index is 12.9. The summed E-state index contributed by atoms with van der Waals surface area (Å²) in [6, 6.07) is 15.7. The van der Waals surface area contributed by atoms with Crippen molar-refractivity contribution in [1.29, 1.82) is 0 Å². The lowest BCUT2D eigenvalue weighted by Gasteiger charge is -2.20. The van der Waals surface area contributed by atoms with Crippen molar-refractivity contribution < 1.29 is 9.53 Å². The minimum atomic E-state index is -0.655. The van der Waals surface area contributed by atoms with Crippen LogP contribution in [-0.4, -0.2) is 33.4 Å². The third-order valence-corrected chi connectivity index (χ3v) is 6.83. The normalized spacial score (nSPS) is 23.0. The average Bonchev–Trinajstić information content (AvgIpc) is 3.04. The minimum Gasteiger partial charge on any atom is -0.495 e. The number of amides is 1. The summed E-state index contributed by atoms with van der Waals surface area (Å²) in [5.74, 6) is 1.90. The molecule has 1 amide bonds. The Hall–Kier alpha value is -2.24. The number of fused-ring (bicyclic) bond motifs is 1. The molecule has 1 saturated carbocycles. The van der Waals surface area contributed by atoms with E-state index < -0.39 is 4.33 Å². The lowest BCUT2D eigenvalue weighted by molar-refractivity contribution is -0.117. The Morgan fingerprint density at radius 3 is 2.66 bits per heavy atom. The van der Waals surface area contributed by atoms with Crippen molar-refractivity contribution in [3.05, 3.63) is 54.4 Å². The van der Waals surface area contributed by atoms with Crippen LogP contribution in [0.3, 0.4) is 0 Å². The molecule has 0 spiro atoms. The molecule has 3 aromatic rings. The zero-order valence-electron chi connectivity index (χ0n) is 16.0. The van der Waals surface area contributed by atoms with Crippen LogP contribution in [0.25, 0.3) is 11.0 Å². The van der Waals surface area contributed by atoms with E-state index in [0.29, 0.717) is 25.3 Å². The third-order valence-electron chi connectivity index (χ3n) is 5.91. The molecule has 150 valence electrons. The summed E-state index contributed by atoms with van der Waals surface area (Å²) in [5.41, 5.74) is 2.79.